The van der Waals surface area contributed by atoms with Crippen LogP contribution in [-0.2, 0) is 19.4 Å². The molecule has 1 aliphatic rings. The molecule has 7 heteroatoms. The molecule has 0 bridgehead atoms. The molecule has 0 spiro atoms. The van der Waals surface area contributed by atoms with Crippen LogP contribution in [-0.4, -0.2) is 43.9 Å². The van der Waals surface area contributed by atoms with Crippen molar-refractivity contribution in [3.05, 3.63) is 35.9 Å². The Hall–Kier alpha value is -1.89. The topological polar surface area (TPSA) is 89.5 Å². The highest BCUT2D eigenvalue weighted by Gasteiger charge is 2.39. The van der Waals surface area contributed by atoms with Crippen LogP contribution >= 0.6 is 0 Å². The monoisotopic (exact) mass is 311 g/mol. The minimum atomic E-state index is -3.10. The molecule has 1 fully saturated rings. The van der Waals surface area contributed by atoms with Crippen molar-refractivity contribution in [1.29, 1.82) is 0 Å². The van der Waals surface area contributed by atoms with Gasteiger partial charge in [-0.3, -0.25) is 4.79 Å². The minimum absolute atomic E-state index is 0.0631. The number of amides is 1. The molecule has 1 amide bonds. The Balaban J connectivity index is 1.85. The van der Waals surface area contributed by atoms with Crippen LogP contribution in [0.3, 0.4) is 0 Å². The number of carbonyl (C=O) groups excluding carboxylic acids is 2. The zero-order valence-corrected chi connectivity index (χ0v) is 12.5. The molecule has 1 aromatic carbocycles. The van der Waals surface area contributed by atoms with Gasteiger partial charge in [-0.25, -0.2) is 13.2 Å². The first-order valence-corrected chi connectivity index (χ1v) is 8.35. The van der Waals surface area contributed by atoms with Crippen molar-refractivity contribution in [2.24, 2.45) is 0 Å². The molecule has 1 aromatic rings. The maximum Gasteiger partial charge on any atom is 0.338 e. The van der Waals surface area contributed by atoms with Crippen LogP contribution in [0, 0.1) is 0 Å². The summed E-state index contributed by atoms with van der Waals surface area (Å²) in [4.78, 5) is 23.4. The third-order valence-corrected chi connectivity index (χ3v) is 5.19. The zero-order valence-electron chi connectivity index (χ0n) is 11.7. The Morgan fingerprint density at radius 2 is 1.95 bits per heavy atom. The summed E-state index contributed by atoms with van der Waals surface area (Å²) in [5.74, 6) is -1.11. The van der Waals surface area contributed by atoms with Gasteiger partial charge in [0.15, 0.2) is 16.4 Å². The Labute approximate surface area is 123 Å². The second-order valence-electron chi connectivity index (χ2n) is 5.39. The molecule has 0 aromatic heterocycles. The van der Waals surface area contributed by atoms with Gasteiger partial charge in [-0.15, -0.1) is 0 Å². The van der Waals surface area contributed by atoms with Gasteiger partial charge in [0, 0.05) is 0 Å². The number of nitrogens with one attached hydrogen (secondary N) is 1. The summed E-state index contributed by atoms with van der Waals surface area (Å²) in [6.45, 7) is 1.25. The van der Waals surface area contributed by atoms with Crippen molar-refractivity contribution in [3.63, 3.8) is 0 Å². The number of ether oxygens (including phenoxy) is 1. The first kappa shape index (κ1) is 15.5. The average molecular weight is 311 g/mol. The van der Waals surface area contributed by atoms with E-state index in [0.717, 1.165) is 0 Å². The van der Waals surface area contributed by atoms with E-state index in [9.17, 15) is 18.0 Å². The van der Waals surface area contributed by atoms with Gasteiger partial charge < -0.3 is 10.1 Å². The number of carbonyl (C=O) groups is 2. The van der Waals surface area contributed by atoms with Crippen molar-refractivity contribution in [1.82, 2.24) is 5.32 Å². The molecule has 2 rings (SSSR count). The SMILES string of the molecule is C[C@@]1(NC(=O)COC(=O)c2ccccc2)CCS(=O)(=O)C1. The molecular formula is C14H17NO5S. The molecule has 0 unspecified atom stereocenters. The van der Waals surface area contributed by atoms with E-state index in [1.165, 1.54) is 0 Å². The summed E-state index contributed by atoms with van der Waals surface area (Å²) in [5.41, 5.74) is -0.422. The molecule has 1 aliphatic heterocycles. The molecule has 6 nitrogen and oxygen atoms in total. The van der Waals surface area contributed by atoms with Gasteiger partial charge in [-0.1, -0.05) is 18.2 Å². The lowest BCUT2D eigenvalue weighted by Crippen LogP contribution is -2.48. The van der Waals surface area contributed by atoms with Gasteiger partial charge in [0.05, 0.1) is 22.6 Å². The maximum atomic E-state index is 11.8. The van der Waals surface area contributed by atoms with E-state index < -0.39 is 33.9 Å². The van der Waals surface area contributed by atoms with E-state index in [4.69, 9.17) is 4.74 Å². The molecule has 21 heavy (non-hydrogen) atoms. The Morgan fingerprint density at radius 1 is 1.29 bits per heavy atom. The van der Waals surface area contributed by atoms with Gasteiger partial charge in [0.1, 0.15) is 0 Å². The number of benzene rings is 1. The largest absolute Gasteiger partial charge is 0.452 e. The predicted molar refractivity (Wildman–Crippen MR) is 76.5 cm³/mol. The molecule has 1 heterocycles. The number of esters is 1. The fourth-order valence-corrected chi connectivity index (χ4v) is 4.36. The predicted octanol–water partition coefficient (Wildman–Crippen LogP) is 0.537. The highest BCUT2D eigenvalue weighted by Crippen LogP contribution is 2.22. The van der Waals surface area contributed by atoms with E-state index in [1.807, 2.05) is 0 Å². The second-order valence-corrected chi connectivity index (χ2v) is 7.58. The van der Waals surface area contributed by atoms with Crippen LogP contribution in [0.15, 0.2) is 30.3 Å². The van der Waals surface area contributed by atoms with E-state index in [1.54, 1.807) is 37.3 Å². The lowest BCUT2D eigenvalue weighted by atomic mass is 10.0. The summed E-state index contributed by atoms with van der Waals surface area (Å²) in [7, 11) is -3.10. The summed E-state index contributed by atoms with van der Waals surface area (Å²) in [6, 6.07) is 8.34. The van der Waals surface area contributed by atoms with E-state index in [0.29, 0.717) is 12.0 Å². The van der Waals surface area contributed by atoms with Crippen molar-refractivity contribution in [2.45, 2.75) is 18.9 Å². The molecule has 0 saturated carbocycles. The van der Waals surface area contributed by atoms with Crippen molar-refractivity contribution < 1.29 is 22.7 Å². The molecule has 114 valence electrons. The minimum Gasteiger partial charge on any atom is -0.452 e. The molecule has 1 saturated heterocycles. The van der Waals surface area contributed by atoms with E-state index in [-0.39, 0.29) is 11.5 Å². The summed E-state index contributed by atoms with van der Waals surface area (Å²) in [5, 5.41) is 2.62. The normalized spacial score (nSPS) is 23.5. The highest BCUT2D eigenvalue weighted by molar-refractivity contribution is 7.91. The molecule has 0 aliphatic carbocycles. The van der Waals surface area contributed by atoms with Crippen LogP contribution in [0.1, 0.15) is 23.7 Å². The third kappa shape index (κ3) is 4.29. The Kier molecular flexibility index (Phi) is 4.32. The fraction of sp³-hybridized carbons (Fsp3) is 0.429. The fourth-order valence-electron chi connectivity index (χ4n) is 2.27. The molecule has 1 N–H and O–H groups in total. The van der Waals surface area contributed by atoms with Crippen LogP contribution in [0.5, 0.6) is 0 Å². The van der Waals surface area contributed by atoms with Crippen molar-refractivity contribution in [2.75, 3.05) is 18.1 Å². The number of sulfone groups is 1. The van der Waals surface area contributed by atoms with Gasteiger partial charge >= 0.3 is 5.97 Å². The van der Waals surface area contributed by atoms with E-state index in [2.05, 4.69) is 5.32 Å². The summed E-state index contributed by atoms with van der Waals surface area (Å²) < 4.78 is 27.8. The van der Waals surface area contributed by atoms with E-state index >= 15 is 0 Å². The highest BCUT2D eigenvalue weighted by atomic mass is 32.2. The quantitative estimate of drug-likeness (QED) is 0.820. The zero-order chi connectivity index (χ0) is 15.5. The Bertz CT molecular complexity index is 641. The smallest absolute Gasteiger partial charge is 0.338 e. The lowest BCUT2D eigenvalue weighted by Gasteiger charge is -2.23. The van der Waals surface area contributed by atoms with Crippen LogP contribution in [0.4, 0.5) is 0 Å². The first-order chi connectivity index (χ1) is 9.80. The van der Waals surface area contributed by atoms with Gasteiger partial charge in [-0.2, -0.15) is 0 Å². The maximum absolute atomic E-state index is 11.8. The average Bonchev–Trinajstić information content (AvgIpc) is 2.70. The van der Waals surface area contributed by atoms with Crippen LogP contribution in [0.2, 0.25) is 0 Å². The summed E-state index contributed by atoms with van der Waals surface area (Å²) in [6.07, 6.45) is 0.369. The first-order valence-electron chi connectivity index (χ1n) is 6.53. The Morgan fingerprint density at radius 3 is 2.52 bits per heavy atom. The van der Waals surface area contributed by atoms with Crippen molar-refractivity contribution >= 4 is 21.7 Å². The second kappa shape index (κ2) is 5.85. The van der Waals surface area contributed by atoms with Crippen LogP contribution in [0.25, 0.3) is 0 Å². The van der Waals surface area contributed by atoms with Gasteiger partial charge in [0.25, 0.3) is 5.91 Å². The number of hydrogen-bond donors (Lipinski definition) is 1. The van der Waals surface area contributed by atoms with Gasteiger partial charge in [0.2, 0.25) is 0 Å². The number of hydrogen-bond acceptors (Lipinski definition) is 5. The third-order valence-electron chi connectivity index (χ3n) is 3.29. The van der Waals surface area contributed by atoms with Crippen molar-refractivity contribution in [3.8, 4) is 0 Å². The summed E-state index contributed by atoms with van der Waals surface area (Å²) >= 11 is 0. The molecule has 0 radical (unpaired) electrons. The number of rotatable bonds is 4. The molecule has 1 atom stereocenters. The lowest BCUT2D eigenvalue weighted by molar-refractivity contribution is -0.125. The molecular weight excluding hydrogens is 294 g/mol. The van der Waals surface area contributed by atoms with Crippen LogP contribution < -0.4 is 5.32 Å². The standard InChI is InChI=1S/C14H17NO5S/c1-14(7-8-21(18,19)10-14)15-12(16)9-20-13(17)11-5-3-2-4-6-11/h2-6H,7-10H2,1H3,(H,15,16)/t14-/m1/s1. The van der Waals surface area contributed by atoms with Gasteiger partial charge in [-0.05, 0) is 25.5 Å².